The Morgan fingerprint density at radius 3 is 2.50 bits per heavy atom. The third kappa shape index (κ3) is 3.16. The topological polar surface area (TPSA) is 83.4 Å². The van der Waals surface area contributed by atoms with Crippen LogP contribution < -0.4 is 10.5 Å². The number of nitrogens with two attached hydrogens (primary N) is 1. The van der Waals surface area contributed by atoms with Gasteiger partial charge in [0.05, 0.1) is 18.8 Å². The summed E-state index contributed by atoms with van der Waals surface area (Å²) < 4.78 is 16.8. The van der Waals surface area contributed by atoms with E-state index in [0.717, 1.165) is 63.1 Å². The van der Waals surface area contributed by atoms with Gasteiger partial charge in [0.25, 0.3) is 5.89 Å². The fourth-order valence-corrected chi connectivity index (χ4v) is 3.43. The van der Waals surface area contributed by atoms with Crippen molar-refractivity contribution >= 4 is 0 Å². The van der Waals surface area contributed by atoms with Gasteiger partial charge in [0, 0.05) is 18.4 Å². The maximum Gasteiger partial charge on any atom is 0.257 e. The quantitative estimate of drug-likeness (QED) is 0.928. The number of nitrogens with zero attached hydrogens (tertiary/aromatic N) is 2. The van der Waals surface area contributed by atoms with Gasteiger partial charge in [0.15, 0.2) is 5.82 Å². The number of hydrogen-bond donors (Lipinski definition) is 1. The first-order valence-electron chi connectivity index (χ1n) is 8.71. The molecule has 0 radical (unpaired) electrons. The molecule has 1 aromatic carbocycles. The molecule has 6 heteroatoms. The average Bonchev–Trinajstić information content (AvgIpc) is 3.27. The molecule has 2 fully saturated rings. The van der Waals surface area contributed by atoms with Gasteiger partial charge in [-0.1, -0.05) is 18.0 Å². The van der Waals surface area contributed by atoms with Crippen LogP contribution in [0.2, 0.25) is 0 Å². The Morgan fingerprint density at radius 1 is 1.08 bits per heavy atom. The lowest BCUT2D eigenvalue weighted by molar-refractivity contribution is 0.0256. The smallest absolute Gasteiger partial charge is 0.257 e. The molecule has 1 aliphatic heterocycles. The second-order valence-corrected chi connectivity index (χ2v) is 6.74. The Balaban J connectivity index is 1.46. The highest BCUT2D eigenvalue weighted by atomic mass is 16.5. The summed E-state index contributed by atoms with van der Waals surface area (Å²) in [5.41, 5.74) is 6.85. The van der Waals surface area contributed by atoms with Crippen molar-refractivity contribution in [3.8, 4) is 17.2 Å². The molecule has 2 aromatic rings. The summed E-state index contributed by atoms with van der Waals surface area (Å²) in [6.45, 7) is 1.54. The number of benzene rings is 1. The molecule has 2 heterocycles. The molecule has 1 saturated heterocycles. The Kier molecular flexibility index (Phi) is 4.24. The molecular weight excluding hydrogens is 306 g/mol. The lowest BCUT2D eigenvalue weighted by Crippen LogP contribution is -2.34. The molecule has 2 N–H and O–H groups in total. The minimum absolute atomic E-state index is 0.235. The van der Waals surface area contributed by atoms with E-state index in [1.54, 1.807) is 0 Å². The van der Waals surface area contributed by atoms with Gasteiger partial charge in [0.2, 0.25) is 0 Å². The van der Waals surface area contributed by atoms with E-state index < -0.39 is 5.54 Å². The van der Waals surface area contributed by atoms with Gasteiger partial charge < -0.3 is 19.7 Å². The van der Waals surface area contributed by atoms with Crippen molar-refractivity contribution in [2.24, 2.45) is 5.73 Å². The maximum absolute atomic E-state index is 6.38. The molecule has 1 aliphatic carbocycles. The summed E-state index contributed by atoms with van der Waals surface area (Å²) in [6, 6.07) is 7.79. The van der Waals surface area contributed by atoms with Gasteiger partial charge in [-0.05, 0) is 37.1 Å². The Morgan fingerprint density at radius 2 is 1.79 bits per heavy atom. The molecule has 0 atom stereocenters. The molecule has 24 heavy (non-hydrogen) atoms. The third-order valence-electron chi connectivity index (χ3n) is 4.94. The molecule has 2 aliphatic rings. The van der Waals surface area contributed by atoms with Crippen LogP contribution in [-0.2, 0) is 10.3 Å². The zero-order chi connectivity index (χ0) is 16.4. The van der Waals surface area contributed by atoms with E-state index in [0.29, 0.717) is 11.7 Å². The van der Waals surface area contributed by atoms with E-state index in [4.69, 9.17) is 19.7 Å². The van der Waals surface area contributed by atoms with Gasteiger partial charge in [-0.3, -0.25) is 0 Å². The Labute approximate surface area is 141 Å². The van der Waals surface area contributed by atoms with Crippen LogP contribution in [-0.4, -0.2) is 29.5 Å². The zero-order valence-electron chi connectivity index (χ0n) is 13.7. The largest absolute Gasteiger partial charge is 0.490 e. The fourth-order valence-electron chi connectivity index (χ4n) is 3.43. The highest BCUT2D eigenvalue weighted by Crippen LogP contribution is 2.35. The highest BCUT2D eigenvalue weighted by Gasteiger charge is 2.36. The van der Waals surface area contributed by atoms with Crippen LogP contribution in [0.3, 0.4) is 0 Å². The van der Waals surface area contributed by atoms with Crippen LogP contribution in [0.15, 0.2) is 28.8 Å². The van der Waals surface area contributed by atoms with Gasteiger partial charge in [0.1, 0.15) is 11.9 Å². The summed E-state index contributed by atoms with van der Waals surface area (Å²) in [7, 11) is 0. The summed E-state index contributed by atoms with van der Waals surface area (Å²) in [4.78, 5) is 4.52. The Hall–Kier alpha value is -1.92. The van der Waals surface area contributed by atoms with Gasteiger partial charge in [-0.25, -0.2) is 0 Å². The van der Waals surface area contributed by atoms with Crippen LogP contribution in [0.5, 0.6) is 5.75 Å². The monoisotopic (exact) mass is 329 g/mol. The molecule has 1 saturated carbocycles. The van der Waals surface area contributed by atoms with Gasteiger partial charge in [-0.2, -0.15) is 4.98 Å². The third-order valence-corrected chi connectivity index (χ3v) is 4.94. The lowest BCUT2D eigenvalue weighted by Gasteiger charge is -2.23. The van der Waals surface area contributed by atoms with Crippen molar-refractivity contribution in [2.75, 3.05) is 13.2 Å². The first kappa shape index (κ1) is 15.6. The fraction of sp³-hybridized carbons (Fsp3) is 0.556. The molecule has 6 nitrogen and oxygen atoms in total. The standard InChI is InChI=1S/C18H23N3O3/c19-18(9-1-2-10-18)17-20-16(24-21-17)13-3-5-14(6-4-13)23-15-7-11-22-12-8-15/h3-6,15H,1-2,7-12,19H2. The SMILES string of the molecule is NC1(c2noc(-c3ccc(OC4CCOCC4)cc3)n2)CCCC1. The number of rotatable bonds is 4. The van der Waals surface area contributed by atoms with Crippen molar-refractivity contribution in [3.05, 3.63) is 30.1 Å². The Bertz CT molecular complexity index is 671. The van der Waals surface area contributed by atoms with Crippen molar-refractivity contribution < 1.29 is 14.0 Å². The number of ether oxygens (including phenoxy) is 2. The molecule has 0 unspecified atom stereocenters. The second kappa shape index (κ2) is 6.53. The summed E-state index contributed by atoms with van der Waals surface area (Å²) in [5, 5.41) is 4.11. The van der Waals surface area contributed by atoms with Crippen molar-refractivity contribution in [3.63, 3.8) is 0 Å². The van der Waals surface area contributed by atoms with E-state index in [1.807, 2.05) is 24.3 Å². The molecule has 0 amide bonds. The highest BCUT2D eigenvalue weighted by molar-refractivity contribution is 5.54. The van der Waals surface area contributed by atoms with E-state index in [2.05, 4.69) is 10.1 Å². The molecule has 128 valence electrons. The van der Waals surface area contributed by atoms with Crippen LogP contribution >= 0.6 is 0 Å². The molecular formula is C18H23N3O3. The van der Waals surface area contributed by atoms with Crippen molar-refractivity contribution in [2.45, 2.75) is 50.2 Å². The second-order valence-electron chi connectivity index (χ2n) is 6.74. The van der Waals surface area contributed by atoms with Crippen molar-refractivity contribution in [1.82, 2.24) is 10.1 Å². The van der Waals surface area contributed by atoms with E-state index >= 15 is 0 Å². The van der Waals surface area contributed by atoms with Crippen molar-refractivity contribution in [1.29, 1.82) is 0 Å². The molecule has 1 aromatic heterocycles. The normalized spacial score (nSPS) is 21.0. The molecule has 0 bridgehead atoms. The first-order chi connectivity index (χ1) is 11.7. The van der Waals surface area contributed by atoms with E-state index in [-0.39, 0.29) is 6.10 Å². The van der Waals surface area contributed by atoms with Crippen LogP contribution in [0.25, 0.3) is 11.5 Å². The van der Waals surface area contributed by atoms with Crippen LogP contribution in [0, 0.1) is 0 Å². The maximum atomic E-state index is 6.38. The minimum Gasteiger partial charge on any atom is -0.490 e. The predicted octanol–water partition coefficient (Wildman–Crippen LogP) is 3.02. The predicted molar refractivity (Wildman–Crippen MR) is 88.5 cm³/mol. The van der Waals surface area contributed by atoms with Crippen LogP contribution in [0.1, 0.15) is 44.3 Å². The van der Waals surface area contributed by atoms with Crippen LogP contribution in [0.4, 0.5) is 0 Å². The number of hydrogen-bond acceptors (Lipinski definition) is 6. The van der Waals surface area contributed by atoms with E-state index in [9.17, 15) is 0 Å². The molecule has 0 spiro atoms. The van der Waals surface area contributed by atoms with E-state index in [1.165, 1.54) is 0 Å². The zero-order valence-corrected chi connectivity index (χ0v) is 13.7. The first-order valence-corrected chi connectivity index (χ1v) is 8.71. The average molecular weight is 329 g/mol. The number of aromatic nitrogens is 2. The minimum atomic E-state index is -0.423. The van der Waals surface area contributed by atoms with Gasteiger partial charge in [-0.15, -0.1) is 0 Å². The lowest BCUT2D eigenvalue weighted by atomic mass is 9.99. The summed E-state index contributed by atoms with van der Waals surface area (Å²) >= 11 is 0. The van der Waals surface area contributed by atoms with Gasteiger partial charge >= 0.3 is 0 Å². The summed E-state index contributed by atoms with van der Waals surface area (Å²) in [6.07, 6.45) is 6.20. The molecule has 4 rings (SSSR count). The summed E-state index contributed by atoms with van der Waals surface area (Å²) in [5.74, 6) is 1.99.